The van der Waals surface area contributed by atoms with Crippen molar-refractivity contribution in [2.24, 2.45) is 17.6 Å². The molecule has 0 aromatic carbocycles. The number of carbonyl (C=O) groups is 1. The number of primary amides is 1. The maximum Gasteiger partial charge on any atom is 0.222 e. The van der Waals surface area contributed by atoms with E-state index in [0.717, 1.165) is 6.42 Å². The van der Waals surface area contributed by atoms with Gasteiger partial charge in [0, 0.05) is 13.1 Å². The van der Waals surface area contributed by atoms with Gasteiger partial charge >= 0.3 is 0 Å². The van der Waals surface area contributed by atoms with Gasteiger partial charge in [0.05, 0.1) is 24.5 Å². The number of ether oxygens (including phenoxy) is 1. The molecule has 6 N–H and O–H groups in total. The summed E-state index contributed by atoms with van der Waals surface area (Å²) < 4.78 is 5.35. The number of amides is 1. The summed E-state index contributed by atoms with van der Waals surface area (Å²) in [5, 5.41) is 17.3. The van der Waals surface area contributed by atoms with Crippen molar-refractivity contribution in [2.45, 2.75) is 32.3 Å². The number of hydrazine groups is 1. The summed E-state index contributed by atoms with van der Waals surface area (Å²) in [4.78, 5) is 11.3. The molecule has 7 nitrogen and oxygen atoms in total. The highest BCUT2D eigenvalue weighted by atomic mass is 16.5. The van der Waals surface area contributed by atoms with Gasteiger partial charge in [0.1, 0.15) is 0 Å². The first kappa shape index (κ1) is 15.9. The zero-order valence-corrected chi connectivity index (χ0v) is 11.3. The van der Waals surface area contributed by atoms with Crippen LogP contribution in [-0.2, 0) is 9.53 Å². The van der Waals surface area contributed by atoms with Gasteiger partial charge in [0.25, 0.3) is 0 Å². The minimum absolute atomic E-state index is 0.0868. The van der Waals surface area contributed by atoms with Crippen molar-refractivity contribution in [3.8, 4) is 0 Å². The SMILES string of the molecule is CC[C@H](O)CCCOC(=N)C1CNNCC1C(N)=O. The molecule has 1 saturated heterocycles. The molecule has 0 radical (unpaired) electrons. The van der Waals surface area contributed by atoms with Crippen molar-refractivity contribution in [3.63, 3.8) is 0 Å². The molecule has 0 aromatic rings. The molecule has 1 amide bonds. The lowest BCUT2D eigenvalue weighted by Gasteiger charge is -2.30. The van der Waals surface area contributed by atoms with Crippen molar-refractivity contribution in [1.82, 2.24) is 10.9 Å². The molecule has 0 aromatic heterocycles. The fraction of sp³-hybridized carbons (Fsp3) is 0.833. The number of carbonyl (C=O) groups excluding carboxylic acids is 1. The second kappa shape index (κ2) is 8.08. The molecule has 1 aliphatic heterocycles. The second-order valence-electron chi connectivity index (χ2n) is 4.79. The number of hydrogen-bond donors (Lipinski definition) is 5. The lowest BCUT2D eigenvalue weighted by atomic mass is 9.90. The van der Waals surface area contributed by atoms with Crippen LogP contribution in [-0.4, -0.2) is 42.7 Å². The minimum atomic E-state index is -0.422. The normalized spacial score (nSPS) is 24.7. The number of nitrogens with two attached hydrogens (primary N) is 1. The Labute approximate surface area is 113 Å². The molecule has 1 aliphatic rings. The number of hydrogen-bond acceptors (Lipinski definition) is 6. The first-order valence-electron chi connectivity index (χ1n) is 6.70. The molecule has 110 valence electrons. The third-order valence-corrected chi connectivity index (χ3v) is 3.37. The Morgan fingerprint density at radius 2 is 2.11 bits per heavy atom. The quantitative estimate of drug-likeness (QED) is 0.240. The van der Waals surface area contributed by atoms with E-state index in [1.54, 1.807) is 0 Å². The number of rotatable bonds is 7. The zero-order valence-electron chi connectivity index (χ0n) is 11.3. The Balaban J connectivity index is 2.32. The van der Waals surface area contributed by atoms with E-state index in [9.17, 15) is 9.90 Å². The lowest BCUT2D eigenvalue weighted by molar-refractivity contribution is -0.123. The van der Waals surface area contributed by atoms with Gasteiger partial charge in [-0.3, -0.25) is 21.1 Å². The van der Waals surface area contributed by atoms with E-state index in [1.165, 1.54) is 0 Å². The first-order chi connectivity index (χ1) is 9.06. The molecule has 3 atom stereocenters. The van der Waals surface area contributed by atoms with Crippen LogP contribution in [0.15, 0.2) is 0 Å². The smallest absolute Gasteiger partial charge is 0.222 e. The van der Waals surface area contributed by atoms with E-state index < -0.39 is 11.8 Å². The fourth-order valence-corrected chi connectivity index (χ4v) is 2.04. The number of nitrogens with one attached hydrogen (secondary N) is 3. The first-order valence-corrected chi connectivity index (χ1v) is 6.70. The topological polar surface area (TPSA) is 120 Å². The Morgan fingerprint density at radius 3 is 2.68 bits per heavy atom. The van der Waals surface area contributed by atoms with Gasteiger partial charge in [0.15, 0.2) is 5.90 Å². The molecule has 1 heterocycles. The van der Waals surface area contributed by atoms with Gasteiger partial charge in [-0.15, -0.1) is 0 Å². The molecule has 2 unspecified atom stereocenters. The molecule has 19 heavy (non-hydrogen) atoms. The molecule has 0 aliphatic carbocycles. The van der Waals surface area contributed by atoms with Crippen molar-refractivity contribution < 1.29 is 14.6 Å². The van der Waals surface area contributed by atoms with Crippen molar-refractivity contribution in [3.05, 3.63) is 0 Å². The Hall–Kier alpha value is -1.18. The molecular formula is C12H24N4O3. The standard InChI is InChI=1S/C12H24N4O3/c1-2-8(17)4-3-5-19-12(14)10-7-16-15-6-9(10)11(13)18/h8-10,14-17H,2-7H2,1H3,(H2,13,18)/t8-,9?,10?/m0/s1. The van der Waals surface area contributed by atoms with Crippen LogP contribution >= 0.6 is 0 Å². The van der Waals surface area contributed by atoms with Crippen molar-refractivity contribution in [1.29, 1.82) is 5.41 Å². The van der Waals surface area contributed by atoms with Crippen LogP contribution in [0.5, 0.6) is 0 Å². The average molecular weight is 272 g/mol. The van der Waals surface area contributed by atoms with Crippen LogP contribution in [0.3, 0.4) is 0 Å². The molecular weight excluding hydrogens is 248 g/mol. The molecule has 0 spiro atoms. The summed E-state index contributed by atoms with van der Waals surface area (Å²) in [5.74, 6) is -1.08. The summed E-state index contributed by atoms with van der Waals surface area (Å²) in [6.07, 6.45) is 1.76. The van der Waals surface area contributed by atoms with E-state index in [4.69, 9.17) is 15.9 Å². The summed E-state index contributed by atoms with van der Waals surface area (Å²) >= 11 is 0. The van der Waals surface area contributed by atoms with E-state index in [0.29, 0.717) is 32.5 Å². The van der Waals surface area contributed by atoms with E-state index in [1.807, 2.05) is 6.92 Å². The van der Waals surface area contributed by atoms with Gasteiger partial charge in [-0.1, -0.05) is 6.92 Å². The number of aliphatic hydroxyl groups is 1. The predicted molar refractivity (Wildman–Crippen MR) is 71.4 cm³/mol. The van der Waals surface area contributed by atoms with Crippen LogP contribution in [0, 0.1) is 17.2 Å². The Kier molecular flexibility index (Phi) is 6.75. The lowest BCUT2D eigenvalue weighted by Crippen LogP contribution is -2.55. The molecule has 1 rings (SSSR count). The second-order valence-corrected chi connectivity index (χ2v) is 4.79. The minimum Gasteiger partial charge on any atom is -0.481 e. The maximum absolute atomic E-state index is 11.3. The highest BCUT2D eigenvalue weighted by molar-refractivity contribution is 5.86. The van der Waals surface area contributed by atoms with Gasteiger partial charge in [-0.05, 0) is 19.3 Å². The van der Waals surface area contributed by atoms with E-state index in [-0.39, 0.29) is 17.9 Å². The molecule has 7 heteroatoms. The van der Waals surface area contributed by atoms with E-state index >= 15 is 0 Å². The molecule has 1 fully saturated rings. The van der Waals surface area contributed by atoms with Crippen molar-refractivity contribution in [2.75, 3.05) is 19.7 Å². The Morgan fingerprint density at radius 1 is 1.47 bits per heavy atom. The highest BCUT2D eigenvalue weighted by Gasteiger charge is 2.33. The van der Waals surface area contributed by atoms with Gasteiger partial charge in [-0.2, -0.15) is 0 Å². The van der Waals surface area contributed by atoms with Crippen LogP contribution in [0.25, 0.3) is 0 Å². The zero-order chi connectivity index (χ0) is 14.3. The van der Waals surface area contributed by atoms with Crippen LogP contribution in [0.4, 0.5) is 0 Å². The maximum atomic E-state index is 11.3. The molecule has 0 saturated carbocycles. The third-order valence-electron chi connectivity index (χ3n) is 3.37. The number of aliphatic hydroxyl groups excluding tert-OH is 1. The average Bonchev–Trinajstić information content (AvgIpc) is 2.42. The van der Waals surface area contributed by atoms with Gasteiger partial charge < -0.3 is 15.6 Å². The van der Waals surface area contributed by atoms with E-state index in [2.05, 4.69) is 10.9 Å². The summed E-state index contributed by atoms with van der Waals surface area (Å²) in [6, 6.07) is 0. The predicted octanol–water partition coefficient (Wildman–Crippen LogP) is -0.643. The largest absolute Gasteiger partial charge is 0.481 e. The fourth-order valence-electron chi connectivity index (χ4n) is 2.04. The summed E-state index contributed by atoms with van der Waals surface area (Å²) in [6.45, 7) is 3.15. The Bertz CT molecular complexity index is 311. The summed E-state index contributed by atoms with van der Waals surface area (Å²) in [5.41, 5.74) is 11.1. The van der Waals surface area contributed by atoms with Crippen LogP contribution in [0.2, 0.25) is 0 Å². The van der Waals surface area contributed by atoms with Crippen LogP contribution in [0.1, 0.15) is 26.2 Å². The van der Waals surface area contributed by atoms with Gasteiger partial charge in [-0.25, -0.2) is 0 Å². The third kappa shape index (κ3) is 5.14. The van der Waals surface area contributed by atoms with Crippen LogP contribution < -0.4 is 16.6 Å². The van der Waals surface area contributed by atoms with Crippen molar-refractivity contribution >= 4 is 11.8 Å². The summed E-state index contributed by atoms with van der Waals surface area (Å²) in [7, 11) is 0. The highest BCUT2D eigenvalue weighted by Crippen LogP contribution is 2.15. The monoisotopic (exact) mass is 272 g/mol. The molecule has 0 bridgehead atoms. The van der Waals surface area contributed by atoms with Gasteiger partial charge in [0.2, 0.25) is 5.91 Å².